The van der Waals surface area contributed by atoms with Gasteiger partial charge in [0.1, 0.15) is 0 Å². The number of halogens is 1. The molecule has 0 spiro atoms. The topological polar surface area (TPSA) is 60.2 Å². The summed E-state index contributed by atoms with van der Waals surface area (Å²) >= 11 is 3.16. The zero-order valence-corrected chi connectivity index (χ0v) is 8.86. The molecule has 0 aliphatic heterocycles. The largest absolute Gasteiger partial charge is 0.294 e. The Labute approximate surface area is 89.2 Å². The van der Waals surface area contributed by atoms with Gasteiger partial charge in [-0.3, -0.25) is 14.9 Å². The summed E-state index contributed by atoms with van der Waals surface area (Å²) in [6.45, 7) is 0. The number of carbonyl (C=O) groups excluding carboxylic acids is 1. The average Bonchev–Trinajstić information content (AvgIpc) is 2.18. The second kappa shape index (κ2) is 4.85. The number of nitro groups is 1. The smallest absolute Gasteiger partial charge is 0.269 e. The van der Waals surface area contributed by atoms with Gasteiger partial charge in [-0.2, -0.15) is 0 Å². The Morgan fingerprint density at radius 1 is 1.36 bits per heavy atom. The summed E-state index contributed by atoms with van der Waals surface area (Å²) in [5.41, 5.74) is 0.510. The lowest BCUT2D eigenvalue weighted by Gasteiger charge is -1.97. The van der Waals surface area contributed by atoms with Crippen molar-refractivity contribution >= 4 is 27.4 Å². The van der Waals surface area contributed by atoms with E-state index in [1.807, 2.05) is 0 Å². The first-order valence-corrected chi connectivity index (χ1v) is 5.11. The van der Waals surface area contributed by atoms with Crippen molar-refractivity contribution in [2.75, 3.05) is 5.33 Å². The first-order chi connectivity index (χ1) is 6.65. The third-order valence-electron chi connectivity index (χ3n) is 1.72. The molecule has 0 heterocycles. The zero-order valence-electron chi connectivity index (χ0n) is 7.27. The van der Waals surface area contributed by atoms with Gasteiger partial charge in [-0.05, 0) is 12.1 Å². The molecular weight excluding hydrogens is 250 g/mol. The van der Waals surface area contributed by atoms with E-state index in [0.717, 1.165) is 0 Å². The Balaban J connectivity index is 2.83. The molecule has 1 aromatic carbocycles. The van der Waals surface area contributed by atoms with Crippen LogP contribution in [0.2, 0.25) is 0 Å². The molecule has 1 aromatic rings. The molecule has 4 nitrogen and oxygen atoms in total. The monoisotopic (exact) mass is 257 g/mol. The Hall–Kier alpha value is -1.23. The number of rotatable bonds is 4. The normalized spacial score (nSPS) is 9.79. The number of carbonyl (C=O) groups is 1. The summed E-state index contributed by atoms with van der Waals surface area (Å²) in [5.74, 6) is -0.0169. The molecule has 0 fully saturated rings. The fourth-order valence-electron chi connectivity index (χ4n) is 0.999. The van der Waals surface area contributed by atoms with E-state index < -0.39 is 4.92 Å². The number of hydrogen-bond acceptors (Lipinski definition) is 3. The molecule has 0 saturated heterocycles. The van der Waals surface area contributed by atoms with Crippen molar-refractivity contribution in [3.8, 4) is 0 Å². The lowest BCUT2D eigenvalue weighted by atomic mass is 10.1. The maximum absolute atomic E-state index is 11.3. The van der Waals surface area contributed by atoms with Crippen LogP contribution in [0, 0.1) is 10.1 Å². The number of nitro benzene ring substituents is 1. The Kier molecular flexibility index (Phi) is 3.76. The molecule has 0 aromatic heterocycles. The van der Waals surface area contributed by atoms with Crippen LogP contribution < -0.4 is 0 Å². The van der Waals surface area contributed by atoms with E-state index in [-0.39, 0.29) is 11.5 Å². The molecule has 0 bridgehead atoms. The van der Waals surface area contributed by atoms with Gasteiger partial charge < -0.3 is 0 Å². The highest BCUT2D eigenvalue weighted by Gasteiger charge is 2.08. The number of benzene rings is 1. The van der Waals surface area contributed by atoms with Crippen molar-refractivity contribution in [1.29, 1.82) is 0 Å². The lowest BCUT2D eigenvalue weighted by Crippen LogP contribution is -1.99. The van der Waals surface area contributed by atoms with E-state index >= 15 is 0 Å². The summed E-state index contributed by atoms with van der Waals surface area (Å²) in [5, 5.41) is 10.9. The second-order valence-electron chi connectivity index (χ2n) is 2.67. The summed E-state index contributed by atoms with van der Waals surface area (Å²) in [6, 6.07) is 5.62. The van der Waals surface area contributed by atoms with E-state index in [0.29, 0.717) is 17.3 Å². The minimum absolute atomic E-state index is 0.000363. The molecule has 0 N–H and O–H groups in total. The van der Waals surface area contributed by atoms with E-state index in [2.05, 4.69) is 15.9 Å². The predicted octanol–water partition coefficient (Wildman–Crippen LogP) is 2.56. The van der Waals surface area contributed by atoms with Crippen molar-refractivity contribution in [1.82, 2.24) is 0 Å². The van der Waals surface area contributed by atoms with Crippen molar-refractivity contribution in [2.24, 2.45) is 0 Å². The minimum atomic E-state index is -0.487. The molecule has 0 amide bonds. The fraction of sp³-hybridized carbons (Fsp3) is 0.222. The van der Waals surface area contributed by atoms with Crippen LogP contribution in [0.4, 0.5) is 5.69 Å². The van der Waals surface area contributed by atoms with Crippen LogP contribution in [0.1, 0.15) is 16.8 Å². The average molecular weight is 258 g/mol. The van der Waals surface area contributed by atoms with Gasteiger partial charge in [0, 0.05) is 29.4 Å². The quantitative estimate of drug-likeness (QED) is 0.361. The summed E-state index contributed by atoms with van der Waals surface area (Å²) in [6.07, 6.45) is 0.401. The molecule has 5 heteroatoms. The van der Waals surface area contributed by atoms with Gasteiger partial charge in [0.05, 0.1) is 4.92 Å². The Bertz CT molecular complexity index is 348. The van der Waals surface area contributed by atoms with Crippen molar-refractivity contribution in [3.05, 3.63) is 39.9 Å². The summed E-state index contributed by atoms with van der Waals surface area (Å²) in [7, 11) is 0. The molecule has 0 unspecified atom stereocenters. The van der Waals surface area contributed by atoms with Crippen molar-refractivity contribution in [2.45, 2.75) is 6.42 Å². The highest BCUT2D eigenvalue weighted by Crippen LogP contribution is 2.13. The predicted molar refractivity (Wildman–Crippen MR) is 55.8 cm³/mol. The van der Waals surface area contributed by atoms with Gasteiger partial charge in [-0.15, -0.1) is 0 Å². The third-order valence-corrected chi connectivity index (χ3v) is 2.12. The molecule has 0 radical (unpaired) electrons. The van der Waals surface area contributed by atoms with Gasteiger partial charge in [-0.25, -0.2) is 0 Å². The zero-order chi connectivity index (χ0) is 10.6. The molecular formula is C9H8BrNO3. The van der Waals surface area contributed by atoms with Gasteiger partial charge in [0.2, 0.25) is 0 Å². The first kappa shape index (κ1) is 10.8. The van der Waals surface area contributed by atoms with Crippen LogP contribution in [-0.2, 0) is 0 Å². The minimum Gasteiger partial charge on any atom is -0.294 e. The van der Waals surface area contributed by atoms with Crippen LogP contribution >= 0.6 is 15.9 Å². The van der Waals surface area contributed by atoms with Gasteiger partial charge in [0.25, 0.3) is 5.69 Å². The van der Waals surface area contributed by atoms with E-state index in [1.54, 1.807) is 0 Å². The molecule has 14 heavy (non-hydrogen) atoms. The Morgan fingerprint density at radius 2 is 1.93 bits per heavy atom. The van der Waals surface area contributed by atoms with E-state index in [4.69, 9.17) is 0 Å². The molecule has 0 aliphatic rings. The Morgan fingerprint density at radius 3 is 2.36 bits per heavy atom. The number of nitrogens with zero attached hydrogens (tertiary/aromatic N) is 1. The second-order valence-corrected chi connectivity index (χ2v) is 3.46. The van der Waals surface area contributed by atoms with Gasteiger partial charge in [-0.1, -0.05) is 15.9 Å². The third kappa shape index (κ3) is 2.63. The standard InChI is InChI=1S/C9H8BrNO3/c10-6-5-9(12)7-1-3-8(4-2-7)11(13)14/h1-4H,5-6H2. The van der Waals surface area contributed by atoms with Crippen LogP contribution in [0.25, 0.3) is 0 Å². The van der Waals surface area contributed by atoms with E-state index in [1.165, 1.54) is 24.3 Å². The number of alkyl halides is 1. The summed E-state index contributed by atoms with van der Waals surface area (Å²) in [4.78, 5) is 21.2. The number of ketones is 1. The maximum Gasteiger partial charge on any atom is 0.269 e. The van der Waals surface area contributed by atoms with Crippen LogP contribution in [0.3, 0.4) is 0 Å². The van der Waals surface area contributed by atoms with Gasteiger partial charge in [0.15, 0.2) is 5.78 Å². The molecule has 0 atom stereocenters. The molecule has 0 aliphatic carbocycles. The fourth-order valence-corrected chi connectivity index (χ4v) is 1.36. The van der Waals surface area contributed by atoms with Crippen molar-refractivity contribution < 1.29 is 9.72 Å². The highest BCUT2D eigenvalue weighted by atomic mass is 79.9. The number of non-ortho nitro benzene ring substituents is 1. The maximum atomic E-state index is 11.3. The molecule has 0 saturated carbocycles. The van der Waals surface area contributed by atoms with Crippen molar-refractivity contribution in [3.63, 3.8) is 0 Å². The number of hydrogen-bond donors (Lipinski definition) is 0. The molecule has 74 valence electrons. The lowest BCUT2D eigenvalue weighted by molar-refractivity contribution is -0.384. The highest BCUT2D eigenvalue weighted by molar-refractivity contribution is 9.09. The van der Waals surface area contributed by atoms with Crippen LogP contribution in [0.15, 0.2) is 24.3 Å². The number of Topliss-reactive ketones (excluding diaryl/α,β-unsaturated/α-hetero) is 1. The van der Waals surface area contributed by atoms with Gasteiger partial charge >= 0.3 is 0 Å². The van der Waals surface area contributed by atoms with Crippen LogP contribution in [-0.4, -0.2) is 16.0 Å². The SMILES string of the molecule is O=C(CCBr)c1ccc([N+](=O)[O-])cc1. The van der Waals surface area contributed by atoms with Crippen LogP contribution in [0.5, 0.6) is 0 Å². The first-order valence-electron chi connectivity index (χ1n) is 3.99. The van der Waals surface area contributed by atoms with E-state index in [9.17, 15) is 14.9 Å². The summed E-state index contributed by atoms with van der Waals surface area (Å²) < 4.78 is 0. The molecule has 1 rings (SSSR count).